The number of aromatic nitrogens is 1. The first-order chi connectivity index (χ1) is 6.11. The van der Waals surface area contributed by atoms with Crippen LogP contribution in [0.25, 0.3) is 0 Å². The molecule has 5 heteroatoms. The second kappa shape index (κ2) is 4.62. The molecule has 72 valence electrons. The molecule has 1 aromatic rings. The zero-order chi connectivity index (χ0) is 9.84. The molecule has 0 fully saturated rings. The Hall–Kier alpha value is -0.550. The first-order valence-electron chi connectivity index (χ1n) is 3.74. The second-order valence-electron chi connectivity index (χ2n) is 2.66. The van der Waals surface area contributed by atoms with Crippen LogP contribution in [0.3, 0.4) is 0 Å². The first-order valence-corrected chi connectivity index (χ1v) is 4.53. The van der Waals surface area contributed by atoms with Crippen LogP contribution in [0.1, 0.15) is 5.56 Å². The van der Waals surface area contributed by atoms with E-state index in [0.29, 0.717) is 10.2 Å². The van der Waals surface area contributed by atoms with Crippen molar-refractivity contribution in [3.05, 3.63) is 28.5 Å². The molecule has 1 aromatic heterocycles. The summed E-state index contributed by atoms with van der Waals surface area (Å²) in [5, 5.41) is 0. The van der Waals surface area contributed by atoms with Crippen LogP contribution in [0.5, 0.6) is 0 Å². The Morgan fingerprint density at radius 3 is 2.77 bits per heavy atom. The van der Waals surface area contributed by atoms with Crippen molar-refractivity contribution in [2.75, 3.05) is 0 Å². The summed E-state index contributed by atoms with van der Waals surface area (Å²) in [4.78, 5) is 3.91. The molecule has 0 aliphatic carbocycles. The number of alkyl halides is 2. The third-order valence-corrected chi connectivity index (χ3v) is 2.33. The number of hydrogen-bond acceptors (Lipinski definition) is 2. The monoisotopic (exact) mass is 250 g/mol. The van der Waals surface area contributed by atoms with Crippen molar-refractivity contribution in [2.24, 2.45) is 5.73 Å². The lowest BCUT2D eigenvalue weighted by molar-refractivity contribution is 0.116. The molecule has 0 aliphatic rings. The molecule has 0 aromatic carbocycles. The van der Waals surface area contributed by atoms with Gasteiger partial charge in [0, 0.05) is 6.20 Å². The van der Waals surface area contributed by atoms with E-state index in [-0.39, 0.29) is 6.42 Å². The molecule has 0 spiro atoms. The fraction of sp³-hybridized carbons (Fsp3) is 0.375. The predicted molar refractivity (Wildman–Crippen MR) is 49.6 cm³/mol. The van der Waals surface area contributed by atoms with Gasteiger partial charge in [0.1, 0.15) is 4.60 Å². The largest absolute Gasteiger partial charge is 0.323 e. The second-order valence-corrected chi connectivity index (χ2v) is 3.41. The van der Waals surface area contributed by atoms with E-state index in [1.807, 2.05) is 0 Å². The molecule has 1 heterocycles. The van der Waals surface area contributed by atoms with Crippen molar-refractivity contribution < 1.29 is 8.78 Å². The Balaban J connectivity index is 2.69. The van der Waals surface area contributed by atoms with E-state index in [2.05, 4.69) is 20.9 Å². The smallest absolute Gasteiger partial charge is 0.253 e. The van der Waals surface area contributed by atoms with Gasteiger partial charge < -0.3 is 5.73 Å². The summed E-state index contributed by atoms with van der Waals surface area (Å²) in [6, 6.07) is 2.29. The van der Waals surface area contributed by atoms with Crippen molar-refractivity contribution in [3.63, 3.8) is 0 Å². The minimum Gasteiger partial charge on any atom is -0.323 e. The van der Waals surface area contributed by atoms with E-state index in [4.69, 9.17) is 5.73 Å². The van der Waals surface area contributed by atoms with Gasteiger partial charge in [0.05, 0.1) is 6.04 Å². The molecule has 1 rings (SSSR count). The van der Waals surface area contributed by atoms with E-state index in [9.17, 15) is 8.78 Å². The van der Waals surface area contributed by atoms with Gasteiger partial charge >= 0.3 is 0 Å². The standard InChI is InChI=1S/C8H9BrF2N2/c9-7-5(2-1-3-13-7)4-6(12)8(10)11/h1-3,6,8H,4,12H2. The summed E-state index contributed by atoms with van der Waals surface area (Å²) < 4.78 is 24.7. The van der Waals surface area contributed by atoms with E-state index >= 15 is 0 Å². The van der Waals surface area contributed by atoms with Crippen molar-refractivity contribution in [3.8, 4) is 0 Å². The molecule has 13 heavy (non-hydrogen) atoms. The third kappa shape index (κ3) is 3.00. The summed E-state index contributed by atoms with van der Waals surface area (Å²) in [6.07, 6.45) is -0.778. The maximum Gasteiger partial charge on any atom is 0.253 e. The normalized spacial score (nSPS) is 13.3. The lowest BCUT2D eigenvalue weighted by atomic mass is 10.1. The Morgan fingerprint density at radius 1 is 1.54 bits per heavy atom. The van der Waals surface area contributed by atoms with Crippen LogP contribution >= 0.6 is 15.9 Å². The van der Waals surface area contributed by atoms with Crippen LogP contribution in [0, 0.1) is 0 Å². The van der Waals surface area contributed by atoms with Gasteiger partial charge in [-0.3, -0.25) is 0 Å². The van der Waals surface area contributed by atoms with Gasteiger partial charge in [0.2, 0.25) is 0 Å². The van der Waals surface area contributed by atoms with Gasteiger partial charge in [-0.05, 0) is 34.0 Å². The highest BCUT2D eigenvalue weighted by molar-refractivity contribution is 9.10. The van der Waals surface area contributed by atoms with E-state index in [1.54, 1.807) is 18.3 Å². The molecule has 0 saturated heterocycles. The van der Waals surface area contributed by atoms with Crippen LogP contribution < -0.4 is 5.73 Å². The Morgan fingerprint density at radius 2 is 2.23 bits per heavy atom. The molecule has 1 unspecified atom stereocenters. The molecule has 2 N–H and O–H groups in total. The topological polar surface area (TPSA) is 38.9 Å². The van der Waals surface area contributed by atoms with Crippen LogP contribution in [-0.2, 0) is 6.42 Å². The zero-order valence-electron chi connectivity index (χ0n) is 6.75. The summed E-state index contributed by atoms with van der Waals surface area (Å²) in [5.74, 6) is 0. The molecule has 0 aliphatic heterocycles. The lowest BCUT2D eigenvalue weighted by Gasteiger charge is -2.10. The van der Waals surface area contributed by atoms with Crippen molar-refractivity contribution in [1.29, 1.82) is 0 Å². The van der Waals surface area contributed by atoms with Crippen LogP contribution in [0.4, 0.5) is 8.78 Å². The van der Waals surface area contributed by atoms with Gasteiger partial charge in [-0.1, -0.05) is 6.07 Å². The minimum absolute atomic E-state index is 0.131. The average molecular weight is 251 g/mol. The van der Waals surface area contributed by atoms with Gasteiger partial charge in [0.15, 0.2) is 0 Å². The number of pyridine rings is 1. The third-order valence-electron chi connectivity index (χ3n) is 1.62. The van der Waals surface area contributed by atoms with E-state index in [1.165, 1.54) is 0 Å². The van der Waals surface area contributed by atoms with Crippen LogP contribution in [-0.4, -0.2) is 17.5 Å². The minimum atomic E-state index is -2.49. The molecule has 0 amide bonds. The van der Waals surface area contributed by atoms with Gasteiger partial charge in [0.25, 0.3) is 6.43 Å². The number of hydrogen-bond donors (Lipinski definition) is 1. The maximum atomic E-state index is 12.1. The fourth-order valence-corrected chi connectivity index (χ4v) is 1.33. The molecular weight excluding hydrogens is 242 g/mol. The highest BCUT2D eigenvalue weighted by Gasteiger charge is 2.16. The Bertz CT molecular complexity index is 281. The highest BCUT2D eigenvalue weighted by Crippen LogP contribution is 2.15. The lowest BCUT2D eigenvalue weighted by Crippen LogP contribution is -2.31. The van der Waals surface area contributed by atoms with Crippen molar-refractivity contribution in [2.45, 2.75) is 18.9 Å². The number of nitrogens with two attached hydrogens (primary N) is 1. The Kier molecular flexibility index (Phi) is 3.74. The number of rotatable bonds is 3. The number of halogens is 3. The number of nitrogens with zero attached hydrogens (tertiary/aromatic N) is 1. The zero-order valence-corrected chi connectivity index (χ0v) is 8.34. The molecule has 2 nitrogen and oxygen atoms in total. The molecule has 0 bridgehead atoms. The highest BCUT2D eigenvalue weighted by atomic mass is 79.9. The molecular formula is C8H9BrF2N2. The van der Waals surface area contributed by atoms with Gasteiger partial charge in [-0.2, -0.15) is 0 Å². The summed E-state index contributed by atoms with van der Waals surface area (Å²) in [6.45, 7) is 0. The SMILES string of the molecule is NC(Cc1cccnc1Br)C(F)F. The quantitative estimate of drug-likeness (QED) is 0.834. The van der Waals surface area contributed by atoms with Crippen LogP contribution in [0.2, 0.25) is 0 Å². The Labute approximate surface area is 83.3 Å². The summed E-state index contributed by atoms with van der Waals surface area (Å²) in [7, 11) is 0. The molecule has 0 radical (unpaired) electrons. The van der Waals surface area contributed by atoms with Crippen molar-refractivity contribution >= 4 is 15.9 Å². The molecule has 1 atom stereocenters. The maximum absolute atomic E-state index is 12.1. The van der Waals surface area contributed by atoms with Gasteiger partial charge in [-0.25, -0.2) is 13.8 Å². The summed E-state index contributed by atoms with van der Waals surface area (Å²) >= 11 is 3.16. The fourth-order valence-electron chi connectivity index (χ4n) is 0.915. The van der Waals surface area contributed by atoms with Crippen LogP contribution in [0.15, 0.2) is 22.9 Å². The summed E-state index contributed by atoms with van der Waals surface area (Å²) in [5.41, 5.74) is 5.92. The predicted octanol–water partition coefficient (Wildman–Crippen LogP) is 1.98. The average Bonchev–Trinajstić information content (AvgIpc) is 2.08. The first kappa shape index (κ1) is 10.5. The van der Waals surface area contributed by atoms with Gasteiger partial charge in [-0.15, -0.1) is 0 Å². The molecule has 0 saturated carbocycles. The van der Waals surface area contributed by atoms with E-state index < -0.39 is 12.5 Å². The van der Waals surface area contributed by atoms with E-state index in [0.717, 1.165) is 0 Å². The van der Waals surface area contributed by atoms with Crippen molar-refractivity contribution in [1.82, 2.24) is 4.98 Å².